The molecule has 0 N–H and O–H groups in total. The Balaban J connectivity index is 1.72. The Bertz CT molecular complexity index is 748. The first-order chi connectivity index (χ1) is 11.6. The third-order valence-electron chi connectivity index (χ3n) is 4.04. The molecule has 126 valence electrons. The second-order valence-electron chi connectivity index (χ2n) is 5.40. The van der Waals surface area contributed by atoms with Gasteiger partial charge in [-0.3, -0.25) is 10.1 Å². The molecule has 3 rings (SSSR count). The smallest absolute Gasteiger partial charge is 0.311 e. The van der Waals surface area contributed by atoms with E-state index in [1.807, 2.05) is 9.80 Å². The zero-order valence-electron chi connectivity index (χ0n) is 13.2. The Morgan fingerprint density at radius 3 is 2.54 bits per heavy atom. The van der Waals surface area contributed by atoms with Crippen LogP contribution in [0.25, 0.3) is 0 Å². The minimum Gasteiger partial charge on any atom is -0.494 e. The lowest BCUT2D eigenvalue weighted by molar-refractivity contribution is -0.384. The highest BCUT2D eigenvalue weighted by Gasteiger charge is 2.25. The van der Waals surface area contributed by atoms with Gasteiger partial charge in [0.25, 0.3) is 0 Å². The van der Waals surface area contributed by atoms with E-state index in [2.05, 4.69) is 4.98 Å². The number of methoxy groups -OCH3 is 1. The minimum atomic E-state index is -0.423. The molecule has 0 atom stereocenters. The predicted molar refractivity (Wildman–Crippen MR) is 88.3 cm³/mol. The fourth-order valence-corrected chi connectivity index (χ4v) is 2.80. The maximum absolute atomic E-state index is 13.8. The van der Waals surface area contributed by atoms with Crippen molar-refractivity contribution in [1.82, 2.24) is 4.98 Å². The molecule has 1 aliphatic heterocycles. The van der Waals surface area contributed by atoms with E-state index >= 15 is 0 Å². The summed E-state index contributed by atoms with van der Waals surface area (Å²) < 4.78 is 18.8. The van der Waals surface area contributed by atoms with Crippen LogP contribution in [-0.2, 0) is 0 Å². The van der Waals surface area contributed by atoms with Gasteiger partial charge in [-0.25, -0.2) is 9.37 Å². The summed E-state index contributed by atoms with van der Waals surface area (Å²) in [4.78, 5) is 18.8. The number of pyridine rings is 1. The van der Waals surface area contributed by atoms with Gasteiger partial charge in [0.15, 0.2) is 11.6 Å². The van der Waals surface area contributed by atoms with Crippen molar-refractivity contribution in [2.24, 2.45) is 0 Å². The zero-order valence-corrected chi connectivity index (χ0v) is 13.2. The minimum absolute atomic E-state index is 0.00134. The Morgan fingerprint density at radius 2 is 1.92 bits per heavy atom. The van der Waals surface area contributed by atoms with Gasteiger partial charge >= 0.3 is 5.69 Å². The van der Waals surface area contributed by atoms with Crippen LogP contribution in [0.4, 0.5) is 21.6 Å². The van der Waals surface area contributed by atoms with Gasteiger partial charge in [-0.15, -0.1) is 0 Å². The van der Waals surface area contributed by atoms with Crippen LogP contribution in [-0.4, -0.2) is 43.2 Å². The number of nitrogens with zero attached hydrogens (tertiary/aromatic N) is 4. The number of rotatable bonds is 4. The van der Waals surface area contributed by atoms with Crippen LogP contribution in [0, 0.1) is 15.9 Å². The van der Waals surface area contributed by atoms with E-state index in [0.29, 0.717) is 32.0 Å². The average Bonchev–Trinajstić information content (AvgIpc) is 2.62. The van der Waals surface area contributed by atoms with Crippen molar-refractivity contribution in [1.29, 1.82) is 0 Å². The van der Waals surface area contributed by atoms with Crippen LogP contribution in [0.2, 0.25) is 0 Å². The van der Waals surface area contributed by atoms with Crippen molar-refractivity contribution >= 4 is 17.2 Å². The molecule has 1 fully saturated rings. The summed E-state index contributed by atoms with van der Waals surface area (Å²) in [5.41, 5.74) is 0.768. The maximum Gasteiger partial charge on any atom is 0.311 e. The molecule has 24 heavy (non-hydrogen) atoms. The number of aromatic nitrogens is 1. The predicted octanol–water partition coefficient (Wildman–Crippen LogP) is 2.46. The van der Waals surface area contributed by atoms with Crippen molar-refractivity contribution in [3.8, 4) is 5.75 Å². The number of halogens is 1. The summed E-state index contributed by atoms with van der Waals surface area (Å²) in [6.45, 7) is 2.40. The van der Waals surface area contributed by atoms with Crippen molar-refractivity contribution < 1.29 is 14.1 Å². The molecule has 1 saturated heterocycles. The van der Waals surface area contributed by atoms with Gasteiger partial charge in [-0.1, -0.05) is 0 Å². The highest BCUT2D eigenvalue weighted by atomic mass is 19.1. The number of piperazine rings is 1. The van der Waals surface area contributed by atoms with Gasteiger partial charge in [-0.05, 0) is 18.2 Å². The van der Waals surface area contributed by atoms with E-state index in [1.54, 1.807) is 24.4 Å². The topological polar surface area (TPSA) is 71.7 Å². The second kappa shape index (κ2) is 6.69. The van der Waals surface area contributed by atoms with Crippen LogP contribution in [0.15, 0.2) is 36.5 Å². The van der Waals surface area contributed by atoms with Gasteiger partial charge in [0, 0.05) is 50.2 Å². The Labute approximate surface area is 138 Å². The lowest BCUT2D eigenvalue weighted by Crippen LogP contribution is -2.47. The summed E-state index contributed by atoms with van der Waals surface area (Å²) in [5.74, 6) is 0.183. The van der Waals surface area contributed by atoms with Crippen molar-refractivity contribution in [3.63, 3.8) is 0 Å². The first-order valence-electron chi connectivity index (χ1n) is 7.53. The van der Waals surface area contributed by atoms with Crippen LogP contribution in [0.1, 0.15) is 0 Å². The molecule has 7 nitrogen and oxygen atoms in total. The van der Waals surface area contributed by atoms with Gasteiger partial charge in [0.2, 0.25) is 5.82 Å². The van der Waals surface area contributed by atoms with Gasteiger partial charge in [0.05, 0.1) is 12.0 Å². The largest absolute Gasteiger partial charge is 0.494 e. The Kier molecular flexibility index (Phi) is 4.45. The molecule has 8 heteroatoms. The van der Waals surface area contributed by atoms with E-state index < -0.39 is 10.7 Å². The van der Waals surface area contributed by atoms with Crippen molar-refractivity contribution in [2.45, 2.75) is 0 Å². The summed E-state index contributed by atoms with van der Waals surface area (Å²) in [6, 6.07) is 7.85. The third kappa shape index (κ3) is 3.08. The van der Waals surface area contributed by atoms with E-state index in [-0.39, 0.29) is 11.4 Å². The van der Waals surface area contributed by atoms with Gasteiger partial charge in [0.1, 0.15) is 0 Å². The Morgan fingerprint density at radius 1 is 1.21 bits per heavy atom. The number of nitro groups is 1. The highest BCUT2D eigenvalue weighted by Crippen LogP contribution is 2.28. The van der Waals surface area contributed by atoms with E-state index in [9.17, 15) is 14.5 Å². The summed E-state index contributed by atoms with van der Waals surface area (Å²) >= 11 is 0. The maximum atomic E-state index is 13.8. The Hall–Kier alpha value is -2.90. The highest BCUT2D eigenvalue weighted by molar-refractivity contribution is 5.59. The molecule has 0 spiro atoms. The van der Waals surface area contributed by atoms with Crippen LogP contribution < -0.4 is 14.5 Å². The number of hydrogen-bond acceptors (Lipinski definition) is 6. The normalized spacial score (nSPS) is 14.6. The number of hydrogen-bond donors (Lipinski definition) is 0. The molecular formula is C16H17FN4O3. The molecule has 0 radical (unpaired) electrons. The lowest BCUT2D eigenvalue weighted by atomic mass is 10.2. The molecule has 2 heterocycles. The average molecular weight is 332 g/mol. The monoisotopic (exact) mass is 332 g/mol. The fraction of sp³-hybridized carbons (Fsp3) is 0.312. The SMILES string of the molecule is COc1ccc(N2CCN(c3ncccc3[N+](=O)[O-])CC2)cc1F. The van der Waals surface area contributed by atoms with Crippen molar-refractivity contribution in [2.75, 3.05) is 43.1 Å². The molecular weight excluding hydrogens is 315 g/mol. The molecule has 0 aliphatic carbocycles. The zero-order chi connectivity index (χ0) is 17.1. The van der Waals surface area contributed by atoms with Crippen LogP contribution >= 0.6 is 0 Å². The standard InChI is InChI=1S/C16H17FN4O3/c1-24-15-5-4-12(11-13(15)17)19-7-9-20(10-8-19)16-14(21(22)23)3-2-6-18-16/h2-6,11H,7-10H2,1H3. The van der Waals surface area contributed by atoms with Crippen LogP contribution in [0.5, 0.6) is 5.75 Å². The van der Waals surface area contributed by atoms with E-state index in [0.717, 1.165) is 5.69 Å². The van der Waals surface area contributed by atoms with Crippen LogP contribution in [0.3, 0.4) is 0 Å². The number of benzene rings is 1. The molecule has 0 amide bonds. The molecule has 0 bridgehead atoms. The fourth-order valence-electron chi connectivity index (χ4n) is 2.80. The van der Waals surface area contributed by atoms with Gasteiger partial charge < -0.3 is 14.5 Å². The first kappa shape index (κ1) is 16.0. The number of anilines is 2. The molecule has 1 aromatic carbocycles. The quantitative estimate of drug-likeness (QED) is 0.633. The van der Waals surface area contributed by atoms with Gasteiger partial charge in [-0.2, -0.15) is 0 Å². The second-order valence-corrected chi connectivity index (χ2v) is 5.40. The molecule has 0 saturated carbocycles. The van der Waals surface area contributed by atoms with Crippen molar-refractivity contribution in [3.05, 3.63) is 52.5 Å². The summed E-state index contributed by atoms with van der Waals surface area (Å²) in [5, 5.41) is 11.1. The molecule has 1 aliphatic rings. The van der Waals surface area contributed by atoms with E-state index in [4.69, 9.17) is 4.74 Å². The summed E-state index contributed by atoms with van der Waals surface area (Å²) in [6.07, 6.45) is 1.55. The molecule has 1 aromatic heterocycles. The molecule has 2 aromatic rings. The summed E-state index contributed by atoms with van der Waals surface area (Å²) in [7, 11) is 1.43. The first-order valence-corrected chi connectivity index (χ1v) is 7.53. The van der Waals surface area contributed by atoms with E-state index in [1.165, 1.54) is 19.2 Å². The number of ether oxygens (including phenoxy) is 1. The lowest BCUT2D eigenvalue weighted by Gasteiger charge is -2.36. The third-order valence-corrected chi connectivity index (χ3v) is 4.04. The molecule has 0 unspecified atom stereocenters.